The molecule has 3 fully saturated rings. The van der Waals surface area contributed by atoms with E-state index in [1.807, 2.05) is 0 Å². The molecule has 0 bridgehead atoms. The Labute approximate surface area is 238 Å². The van der Waals surface area contributed by atoms with Gasteiger partial charge in [0.05, 0.1) is 45.9 Å². The summed E-state index contributed by atoms with van der Waals surface area (Å²) in [4.78, 5) is 43.9. The fraction of sp³-hybridized carbons (Fsp3) is 0.593. The van der Waals surface area contributed by atoms with Crippen LogP contribution in [0.3, 0.4) is 0 Å². The van der Waals surface area contributed by atoms with Gasteiger partial charge in [-0.25, -0.2) is 0 Å². The van der Waals surface area contributed by atoms with E-state index in [9.17, 15) is 32.7 Å². The fourth-order valence-electron chi connectivity index (χ4n) is 6.81. The van der Waals surface area contributed by atoms with Crippen LogP contribution >= 0.6 is 23.2 Å². The number of carboxylic acid groups (broad SMARTS) is 1. The molecule has 1 spiro atoms. The van der Waals surface area contributed by atoms with Crippen molar-refractivity contribution in [1.29, 1.82) is 0 Å². The van der Waals surface area contributed by atoms with Gasteiger partial charge in [-0.05, 0) is 56.3 Å². The normalized spacial score (nSPS) is 25.6. The quantitative estimate of drug-likeness (QED) is 0.373. The van der Waals surface area contributed by atoms with E-state index in [1.54, 1.807) is 6.92 Å². The van der Waals surface area contributed by atoms with Gasteiger partial charge < -0.3 is 10.0 Å². The molecule has 216 valence electrons. The van der Waals surface area contributed by atoms with Gasteiger partial charge in [-0.15, -0.1) is 0 Å². The first-order chi connectivity index (χ1) is 18.8. The minimum atomic E-state index is -4.91. The van der Waals surface area contributed by atoms with E-state index in [1.165, 1.54) is 17.3 Å². The molecule has 0 saturated heterocycles. The predicted octanol–water partition coefficient (Wildman–Crippen LogP) is 6.32. The molecule has 5 rings (SSSR count). The Morgan fingerprint density at radius 2 is 1.77 bits per heavy atom. The highest BCUT2D eigenvalue weighted by Gasteiger charge is 2.55. The maximum absolute atomic E-state index is 14.5. The lowest BCUT2D eigenvalue weighted by molar-refractivity contribution is -0.149. The van der Waals surface area contributed by atoms with E-state index in [4.69, 9.17) is 23.2 Å². The number of aromatic nitrogens is 3. The molecule has 2 aromatic rings. The maximum Gasteiger partial charge on any atom is 0.433 e. The molecule has 3 aliphatic rings. The minimum Gasteiger partial charge on any atom is -0.481 e. The average Bonchev–Trinajstić information content (AvgIpc) is 3.27. The highest BCUT2D eigenvalue weighted by Crippen LogP contribution is 2.58. The van der Waals surface area contributed by atoms with Gasteiger partial charge >= 0.3 is 12.1 Å². The molecule has 3 aliphatic carbocycles. The smallest absolute Gasteiger partial charge is 0.433 e. The van der Waals surface area contributed by atoms with E-state index in [2.05, 4.69) is 10.1 Å². The Balaban J connectivity index is 1.50. The number of rotatable bonds is 7. The standard InChI is InChI=1S/C27H29Cl2F3N4O4/c1-14-9-15(3-4-16(14)25(39)40)36-23(27(30,31)32)17(10-34-36)24(38)35(21-5-8-26(21)6-2-7-26)13-20(37)22-18(28)11-33-12-19(22)29/h10-12,14-16,21H,2-9,13H2,1H3,(H,39,40)/t14-,15+,16+,21-/m1/s1. The van der Waals surface area contributed by atoms with Gasteiger partial charge in [-0.1, -0.05) is 36.5 Å². The molecule has 8 nitrogen and oxygen atoms in total. The molecule has 0 radical (unpaired) electrons. The van der Waals surface area contributed by atoms with Gasteiger partial charge in [-0.3, -0.25) is 24.0 Å². The van der Waals surface area contributed by atoms with Crippen LogP contribution in [0.4, 0.5) is 13.2 Å². The van der Waals surface area contributed by atoms with Crippen molar-refractivity contribution in [3.05, 3.63) is 45.5 Å². The average molecular weight is 601 g/mol. The number of aliphatic carboxylic acids is 1. The molecule has 0 unspecified atom stereocenters. The van der Waals surface area contributed by atoms with Crippen LogP contribution in [-0.4, -0.2) is 55.0 Å². The molecule has 40 heavy (non-hydrogen) atoms. The van der Waals surface area contributed by atoms with Gasteiger partial charge in [0, 0.05) is 18.4 Å². The molecule has 1 N–H and O–H groups in total. The number of amides is 1. The van der Waals surface area contributed by atoms with Crippen molar-refractivity contribution in [2.75, 3.05) is 6.54 Å². The molecular weight excluding hydrogens is 572 g/mol. The Morgan fingerprint density at radius 3 is 2.27 bits per heavy atom. The van der Waals surface area contributed by atoms with Crippen LogP contribution in [0.5, 0.6) is 0 Å². The van der Waals surface area contributed by atoms with Crippen LogP contribution in [-0.2, 0) is 11.0 Å². The summed E-state index contributed by atoms with van der Waals surface area (Å²) in [5.74, 6) is -3.49. The summed E-state index contributed by atoms with van der Waals surface area (Å²) in [6, 6.07) is -1.11. The lowest BCUT2D eigenvalue weighted by Gasteiger charge is -2.59. The highest BCUT2D eigenvalue weighted by molar-refractivity contribution is 6.39. The third-order valence-electron chi connectivity index (χ3n) is 9.15. The first-order valence-electron chi connectivity index (χ1n) is 13.3. The van der Waals surface area contributed by atoms with Gasteiger partial charge in [0.25, 0.3) is 5.91 Å². The molecule has 2 heterocycles. The number of hydrogen-bond acceptors (Lipinski definition) is 5. The highest BCUT2D eigenvalue weighted by atomic mass is 35.5. The van der Waals surface area contributed by atoms with Crippen LogP contribution in [0.1, 0.15) is 90.7 Å². The van der Waals surface area contributed by atoms with Crippen molar-refractivity contribution in [3.63, 3.8) is 0 Å². The lowest BCUT2D eigenvalue weighted by atomic mass is 9.52. The number of alkyl halides is 3. The van der Waals surface area contributed by atoms with Gasteiger partial charge in [-0.2, -0.15) is 18.3 Å². The van der Waals surface area contributed by atoms with Gasteiger partial charge in [0.1, 0.15) is 0 Å². The van der Waals surface area contributed by atoms with E-state index < -0.39 is 59.6 Å². The Hall–Kier alpha value is -2.66. The Bertz CT molecular complexity index is 1320. The number of carbonyl (C=O) groups is 3. The summed E-state index contributed by atoms with van der Waals surface area (Å²) in [6.45, 7) is 1.21. The van der Waals surface area contributed by atoms with E-state index in [0.29, 0.717) is 6.42 Å². The molecule has 13 heteroatoms. The predicted molar refractivity (Wildman–Crippen MR) is 139 cm³/mol. The van der Waals surface area contributed by atoms with Crippen molar-refractivity contribution in [1.82, 2.24) is 19.7 Å². The molecule has 2 aromatic heterocycles. The van der Waals surface area contributed by atoms with Crippen molar-refractivity contribution >= 4 is 40.9 Å². The van der Waals surface area contributed by atoms with Crippen LogP contribution in [0, 0.1) is 17.3 Å². The minimum absolute atomic E-state index is 0.00764. The van der Waals surface area contributed by atoms with Crippen LogP contribution in [0.15, 0.2) is 18.6 Å². The number of ketones is 1. The van der Waals surface area contributed by atoms with E-state index in [-0.39, 0.29) is 46.2 Å². The molecule has 1 amide bonds. The van der Waals surface area contributed by atoms with Crippen molar-refractivity contribution < 1.29 is 32.7 Å². The maximum atomic E-state index is 14.5. The summed E-state index contributed by atoms with van der Waals surface area (Å²) < 4.78 is 44.5. The van der Waals surface area contributed by atoms with Crippen LogP contribution in [0.25, 0.3) is 0 Å². The number of Topliss-reactive ketones (excluding diaryl/α,β-unsaturated/α-hetero) is 1. The first-order valence-corrected chi connectivity index (χ1v) is 14.1. The summed E-state index contributed by atoms with van der Waals surface area (Å²) in [7, 11) is 0. The fourth-order valence-corrected chi connectivity index (χ4v) is 7.38. The first kappa shape index (κ1) is 28.9. The second-order valence-corrected chi connectivity index (χ2v) is 12.2. The third kappa shape index (κ3) is 5.00. The zero-order chi connectivity index (χ0) is 29.0. The van der Waals surface area contributed by atoms with E-state index >= 15 is 0 Å². The SMILES string of the molecule is C[C@@H]1C[C@@H](n2ncc(C(=O)N(CC(=O)c3c(Cl)cncc3Cl)[C@@H]3CCC34CCC4)c2C(F)(F)F)CC[C@@H]1C(=O)O. The van der Waals surface area contributed by atoms with Crippen LogP contribution < -0.4 is 0 Å². The van der Waals surface area contributed by atoms with Gasteiger partial charge in [0.15, 0.2) is 11.5 Å². The molecule has 4 atom stereocenters. The molecular formula is C27H29Cl2F3N4O4. The van der Waals surface area contributed by atoms with Gasteiger partial charge in [0.2, 0.25) is 0 Å². The topological polar surface area (TPSA) is 105 Å². The van der Waals surface area contributed by atoms with Crippen molar-refractivity contribution in [3.8, 4) is 0 Å². The third-order valence-corrected chi connectivity index (χ3v) is 9.73. The summed E-state index contributed by atoms with van der Waals surface area (Å²) >= 11 is 12.3. The molecule has 3 saturated carbocycles. The number of hydrogen-bond donors (Lipinski definition) is 1. The monoisotopic (exact) mass is 600 g/mol. The Kier molecular flexibility index (Phi) is 7.67. The molecule has 0 aliphatic heterocycles. The lowest BCUT2D eigenvalue weighted by Crippen LogP contribution is -2.61. The number of pyridine rings is 1. The zero-order valence-electron chi connectivity index (χ0n) is 21.8. The second kappa shape index (κ2) is 10.6. The largest absolute Gasteiger partial charge is 0.481 e. The number of carbonyl (C=O) groups excluding carboxylic acids is 2. The Morgan fingerprint density at radius 1 is 1.10 bits per heavy atom. The van der Waals surface area contributed by atoms with Crippen molar-refractivity contribution in [2.24, 2.45) is 17.3 Å². The summed E-state index contributed by atoms with van der Waals surface area (Å²) in [5, 5.41) is 13.4. The summed E-state index contributed by atoms with van der Waals surface area (Å²) in [5.41, 5.74) is -2.04. The number of nitrogens with zero attached hydrogens (tertiary/aromatic N) is 4. The van der Waals surface area contributed by atoms with E-state index in [0.717, 1.165) is 36.6 Å². The summed E-state index contributed by atoms with van der Waals surface area (Å²) in [6.07, 6.45) is 3.12. The second-order valence-electron chi connectivity index (χ2n) is 11.3. The van der Waals surface area contributed by atoms with Crippen LogP contribution in [0.2, 0.25) is 10.0 Å². The number of halogens is 5. The number of carboxylic acids is 1. The molecule has 0 aromatic carbocycles. The van der Waals surface area contributed by atoms with Crippen molar-refractivity contribution in [2.45, 2.75) is 76.6 Å². The zero-order valence-corrected chi connectivity index (χ0v) is 23.3.